The lowest BCUT2D eigenvalue weighted by molar-refractivity contribution is 0.163. The summed E-state index contributed by atoms with van der Waals surface area (Å²) in [5, 5.41) is 23.7. The van der Waals surface area contributed by atoms with Gasteiger partial charge in [0.15, 0.2) is 5.65 Å². The number of aromatic amines is 1. The monoisotopic (exact) mass is 516 g/mol. The van der Waals surface area contributed by atoms with Crippen LogP contribution in [0.4, 0.5) is 0 Å². The molecule has 2 atom stereocenters. The van der Waals surface area contributed by atoms with Gasteiger partial charge in [0.25, 0.3) is 0 Å². The van der Waals surface area contributed by atoms with E-state index in [2.05, 4.69) is 51.1 Å². The predicted octanol–water partition coefficient (Wildman–Crippen LogP) is 4.16. The maximum atomic E-state index is 10.4. The minimum absolute atomic E-state index is 0.0651. The number of piperidine rings is 1. The van der Waals surface area contributed by atoms with Crippen LogP contribution in [0.15, 0.2) is 40.3 Å². The second-order valence-electron chi connectivity index (χ2n) is 10.4. The average molecular weight is 517 g/mol. The van der Waals surface area contributed by atoms with Crippen LogP contribution in [0.2, 0.25) is 0 Å². The highest BCUT2D eigenvalue weighted by molar-refractivity contribution is 5.90. The van der Waals surface area contributed by atoms with Gasteiger partial charge in [-0.25, -0.2) is 9.98 Å². The van der Waals surface area contributed by atoms with Crippen molar-refractivity contribution in [3.8, 4) is 17.0 Å². The van der Waals surface area contributed by atoms with E-state index in [1.54, 1.807) is 6.07 Å². The Hall–Kier alpha value is -3.30. The number of hydrogen-bond acceptors (Lipinski definition) is 6. The molecule has 1 fully saturated rings. The number of aliphatic imine (C=N–C) groups is 2. The number of para-hydroxylation sites is 1. The van der Waals surface area contributed by atoms with E-state index < -0.39 is 0 Å². The standard InChI is InChI=1S/C29H40N8O/c1-5-31-29(32-19(3)18-36(6-2)21-11-14-30-15-12-21)37-16-13-24-27(20(37)4)23-17-25(34-35-28(23)33-24)22-9-7-8-10-26(22)38/h5,7-10,17,19-21,30,38H,6,11-16,18H2,1-4H3,(H,33,35)/t19?,20-/m0/s1. The highest BCUT2D eigenvalue weighted by atomic mass is 16.3. The fraction of sp³-hybridized carbons (Fsp3) is 0.517. The highest BCUT2D eigenvalue weighted by Crippen LogP contribution is 2.37. The lowest BCUT2D eigenvalue weighted by atomic mass is 9.97. The van der Waals surface area contributed by atoms with Crippen LogP contribution in [0.25, 0.3) is 22.3 Å². The zero-order chi connectivity index (χ0) is 26.6. The molecule has 1 saturated heterocycles. The number of fused-ring (bicyclic) bond motifs is 3. The van der Waals surface area contributed by atoms with Crippen LogP contribution in [-0.2, 0) is 6.42 Å². The maximum absolute atomic E-state index is 10.4. The van der Waals surface area contributed by atoms with Gasteiger partial charge >= 0.3 is 0 Å². The zero-order valence-electron chi connectivity index (χ0n) is 23.0. The van der Waals surface area contributed by atoms with Crippen molar-refractivity contribution < 1.29 is 5.11 Å². The Kier molecular flexibility index (Phi) is 8.04. The summed E-state index contributed by atoms with van der Waals surface area (Å²) in [4.78, 5) is 18.3. The van der Waals surface area contributed by atoms with E-state index in [0.717, 1.165) is 56.1 Å². The number of aromatic nitrogens is 3. The fourth-order valence-corrected chi connectivity index (χ4v) is 6.00. The molecule has 5 rings (SSSR count). The molecule has 0 spiro atoms. The number of hydrogen-bond donors (Lipinski definition) is 3. The van der Waals surface area contributed by atoms with Gasteiger partial charge in [-0.2, -0.15) is 0 Å². The third-order valence-corrected chi connectivity index (χ3v) is 7.91. The summed E-state index contributed by atoms with van der Waals surface area (Å²) in [5.74, 6) is 0.989. The Bertz CT molecular complexity index is 1310. The van der Waals surface area contributed by atoms with E-state index in [1.807, 2.05) is 37.4 Å². The largest absolute Gasteiger partial charge is 0.507 e. The lowest BCUT2D eigenvalue weighted by Crippen LogP contribution is -2.45. The van der Waals surface area contributed by atoms with E-state index in [-0.39, 0.29) is 17.8 Å². The van der Waals surface area contributed by atoms with Gasteiger partial charge in [0.2, 0.25) is 5.96 Å². The van der Waals surface area contributed by atoms with E-state index in [9.17, 15) is 5.11 Å². The molecule has 2 aliphatic heterocycles. The molecule has 3 N–H and O–H groups in total. The Morgan fingerprint density at radius 2 is 2.05 bits per heavy atom. The molecule has 202 valence electrons. The molecule has 38 heavy (non-hydrogen) atoms. The second kappa shape index (κ2) is 11.6. The summed E-state index contributed by atoms with van der Waals surface area (Å²) in [6.45, 7) is 13.6. The minimum atomic E-state index is 0.0651. The van der Waals surface area contributed by atoms with Crippen LogP contribution in [0.1, 0.15) is 57.8 Å². The number of guanidine groups is 1. The number of nitrogens with zero attached hydrogens (tertiary/aromatic N) is 6. The first-order chi connectivity index (χ1) is 18.5. The van der Waals surface area contributed by atoms with Crippen LogP contribution in [0, 0.1) is 0 Å². The Labute approximate surface area is 225 Å². The number of rotatable bonds is 6. The first-order valence-corrected chi connectivity index (χ1v) is 13.9. The van der Waals surface area contributed by atoms with E-state index in [4.69, 9.17) is 9.98 Å². The zero-order valence-corrected chi connectivity index (χ0v) is 23.0. The first-order valence-electron chi connectivity index (χ1n) is 13.9. The molecule has 0 radical (unpaired) electrons. The first kappa shape index (κ1) is 26.3. The molecule has 2 aliphatic rings. The van der Waals surface area contributed by atoms with Gasteiger partial charge in [-0.05, 0) is 71.4 Å². The number of likely N-dealkylation sites (N-methyl/N-ethyl adjacent to an activating group) is 1. The summed E-state index contributed by atoms with van der Waals surface area (Å²) in [5.41, 5.74) is 4.50. The number of phenolic OH excluding ortho intramolecular Hbond substituents is 1. The molecule has 1 unspecified atom stereocenters. The van der Waals surface area contributed by atoms with Crippen LogP contribution in [0.3, 0.4) is 0 Å². The van der Waals surface area contributed by atoms with Gasteiger partial charge in [-0.15, -0.1) is 10.2 Å². The van der Waals surface area contributed by atoms with Crippen molar-refractivity contribution in [3.63, 3.8) is 0 Å². The Balaban J connectivity index is 1.42. The highest BCUT2D eigenvalue weighted by Gasteiger charge is 2.31. The molecule has 0 saturated carbocycles. The Morgan fingerprint density at radius 3 is 2.79 bits per heavy atom. The number of H-pyrrole nitrogens is 1. The van der Waals surface area contributed by atoms with E-state index in [1.165, 1.54) is 24.1 Å². The van der Waals surface area contributed by atoms with Gasteiger partial charge < -0.3 is 20.3 Å². The number of benzene rings is 1. The third kappa shape index (κ3) is 5.31. The fourth-order valence-electron chi connectivity index (χ4n) is 6.00. The van der Waals surface area contributed by atoms with Crippen molar-refractivity contribution in [3.05, 3.63) is 41.6 Å². The van der Waals surface area contributed by atoms with Crippen LogP contribution >= 0.6 is 0 Å². The van der Waals surface area contributed by atoms with Gasteiger partial charge in [0.1, 0.15) is 5.75 Å². The molecule has 9 nitrogen and oxygen atoms in total. The Morgan fingerprint density at radius 1 is 1.26 bits per heavy atom. The number of nitrogens with one attached hydrogen (secondary N) is 2. The molecule has 4 heterocycles. The summed E-state index contributed by atoms with van der Waals surface area (Å²) in [7, 11) is 0. The van der Waals surface area contributed by atoms with Gasteiger partial charge in [0, 0.05) is 54.0 Å². The van der Waals surface area contributed by atoms with E-state index in [0.29, 0.717) is 17.3 Å². The van der Waals surface area contributed by atoms with Gasteiger partial charge in [-0.1, -0.05) is 19.1 Å². The molecule has 1 aromatic carbocycles. The number of aromatic hydroxyl groups is 1. The minimum Gasteiger partial charge on any atom is -0.507 e. The number of phenols is 1. The smallest absolute Gasteiger partial charge is 0.221 e. The van der Waals surface area contributed by atoms with Crippen molar-refractivity contribution in [1.82, 2.24) is 30.3 Å². The van der Waals surface area contributed by atoms with E-state index >= 15 is 0 Å². The summed E-state index contributed by atoms with van der Waals surface area (Å²) in [6, 6.07) is 10.1. The normalized spacial score (nSPS) is 20.0. The van der Waals surface area contributed by atoms with Crippen molar-refractivity contribution in [2.24, 2.45) is 9.98 Å². The van der Waals surface area contributed by atoms with Crippen LogP contribution in [-0.4, -0.2) is 87.1 Å². The molecule has 0 bridgehead atoms. The van der Waals surface area contributed by atoms with Crippen LogP contribution < -0.4 is 5.32 Å². The summed E-state index contributed by atoms with van der Waals surface area (Å²) < 4.78 is 0. The summed E-state index contributed by atoms with van der Waals surface area (Å²) in [6.07, 6.45) is 5.09. The quantitative estimate of drug-likeness (QED) is 0.336. The predicted molar refractivity (Wildman–Crippen MR) is 154 cm³/mol. The second-order valence-corrected chi connectivity index (χ2v) is 10.4. The molecule has 2 aromatic heterocycles. The van der Waals surface area contributed by atoms with Crippen LogP contribution in [0.5, 0.6) is 5.75 Å². The van der Waals surface area contributed by atoms with Crippen molar-refractivity contribution in [2.75, 3.05) is 32.7 Å². The molecular formula is C29H40N8O. The molecular weight excluding hydrogens is 476 g/mol. The lowest BCUT2D eigenvalue weighted by Gasteiger charge is -2.36. The van der Waals surface area contributed by atoms with Gasteiger partial charge in [-0.3, -0.25) is 4.90 Å². The van der Waals surface area contributed by atoms with Crippen molar-refractivity contribution >= 4 is 23.2 Å². The molecule has 9 heteroatoms. The average Bonchev–Trinajstić information content (AvgIpc) is 3.31. The SMILES string of the molecule is CC=NC(=NC(C)CN(CC)C1CCNCC1)N1CCc2[nH]c3nnc(-c4ccccc4O)cc3c2[C@@H]1C. The third-order valence-electron chi connectivity index (χ3n) is 7.91. The van der Waals surface area contributed by atoms with Crippen molar-refractivity contribution in [1.29, 1.82) is 0 Å². The molecule has 3 aromatic rings. The van der Waals surface area contributed by atoms with Gasteiger partial charge in [0.05, 0.1) is 17.8 Å². The molecule has 0 amide bonds. The van der Waals surface area contributed by atoms with Crippen molar-refractivity contribution in [2.45, 2.75) is 65.1 Å². The topological polar surface area (TPSA) is 105 Å². The molecule has 0 aliphatic carbocycles. The summed E-state index contributed by atoms with van der Waals surface area (Å²) >= 11 is 0. The maximum Gasteiger partial charge on any atom is 0.221 e.